The van der Waals surface area contributed by atoms with Crippen molar-refractivity contribution in [3.63, 3.8) is 0 Å². The van der Waals surface area contributed by atoms with Crippen LogP contribution in [0.5, 0.6) is 5.75 Å². The third kappa shape index (κ3) is 4.28. The lowest BCUT2D eigenvalue weighted by atomic mass is 10.1. The second-order valence-corrected chi connectivity index (χ2v) is 6.39. The maximum atomic E-state index is 13.1. The van der Waals surface area contributed by atoms with E-state index < -0.39 is 5.95 Å². The fraction of sp³-hybridized carbons (Fsp3) is 0.250. The van der Waals surface area contributed by atoms with E-state index in [9.17, 15) is 4.39 Å². The Balaban J connectivity index is 1.72. The normalized spacial score (nSPS) is 17.3. The summed E-state index contributed by atoms with van der Waals surface area (Å²) < 4.78 is 19.1. The number of pyridine rings is 2. The molecule has 0 aliphatic carbocycles. The number of aromatic nitrogens is 2. The van der Waals surface area contributed by atoms with Crippen LogP contribution in [0.3, 0.4) is 0 Å². The van der Waals surface area contributed by atoms with E-state index in [1.54, 1.807) is 24.4 Å². The Morgan fingerprint density at radius 3 is 2.87 bits per heavy atom. The van der Waals surface area contributed by atoms with Gasteiger partial charge in [0.25, 0.3) is 0 Å². The average molecular weight is 399 g/mol. The molecule has 2 aromatic rings. The monoisotopic (exact) mass is 397 g/mol. The molecular weight excluding hydrogens is 385 g/mol. The van der Waals surface area contributed by atoms with Gasteiger partial charge in [0.05, 0.1) is 10.7 Å². The van der Waals surface area contributed by atoms with Crippen LogP contribution < -0.4 is 10.1 Å². The molecule has 3 rings (SSSR count). The van der Waals surface area contributed by atoms with E-state index in [1.165, 1.54) is 6.20 Å². The zero-order valence-electron chi connectivity index (χ0n) is 12.1. The summed E-state index contributed by atoms with van der Waals surface area (Å²) >= 11 is 9.21. The van der Waals surface area contributed by atoms with Gasteiger partial charge >= 0.3 is 0 Å². The SMILES string of the molecule is Fc1ncc(/C=C/c2cc(OC[C@@H]3CCN3)cnc2Cl)cc1Br. The zero-order valence-corrected chi connectivity index (χ0v) is 14.4. The molecule has 0 bridgehead atoms. The molecule has 1 saturated heterocycles. The lowest BCUT2D eigenvalue weighted by molar-refractivity contribution is 0.217. The highest BCUT2D eigenvalue weighted by Gasteiger charge is 2.16. The summed E-state index contributed by atoms with van der Waals surface area (Å²) in [6, 6.07) is 3.88. The maximum Gasteiger partial charge on any atom is 0.227 e. The average Bonchev–Trinajstić information content (AvgIpc) is 2.49. The third-order valence-corrected chi connectivity index (χ3v) is 4.36. The number of rotatable bonds is 5. The molecule has 0 unspecified atom stereocenters. The van der Waals surface area contributed by atoms with Crippen LogP contribution in [0.1, 0.15) is 17.5 Å². The van der Waals surface area contributed by atoms with Crippen molar-refractivity contribution < 1.29 is 9.13 Å². The highest BCUT2D eigenvalue weighted by atomic mass is 79.9. The number of nitrogens with zero attached hydrogens (tertiary/aromatic N) is 2. The van der Waals surface area contributed by atoms with Crippen LogP contribution in [0.15, 0.2) is 29.0 Å². The summed E-state index contributed by atoms with van der Waals surface area (Å²) in [7, 11) is 0. The molecule has 1 aliphatic heterocycles. The molecule has 1 aliphatic rings. The quantitative estimate of drug-likeness (QED) is 0.775. The maximum absolute atomic E-state index is 13.1. The molecular formula is C16H14BrClFN3O. The molecule has 120 valence electrons. The summed E-state index contributed by atoms with van der Waals surface area (Å²) in [5, 5.41) is 3.65. The van der Waals surface area contributed by atoms with Gasteiger partial charge in [-0.3, -0.25) is 0 Å². The first-order valence-electron chi connectivity index (χ1n) is 7.12. The van der Waals surface area contributed by atoms with Crippen molar-refractivity contribution in [3.05, 3.63) is 51.2 Å². The van der Waals surface area contributed by atoms with Crippen molar-refractivity contribution >= 4 is 39.7 Å². The highest BCUT2D eigenvalue weighted by Crippen LogP contribution is 2.23. The van der Waals surface area contributed by atoms with E-state index in [4.69, 9.17) is 16.3 Å². The Kier molecular flexibility index (Phi) is 5.25. The first-order valence-corrected chi connectivity index (χ1v) is 8.30. The Bertz CT molecular complexity index is 737. The molecule has 0 radical (unpaired) electrons. The van der Waals surface area contributed by atoms with E-state index in [0.717, 1.165) is 24.1 Å². The molecule has 0 amide bonds. The van der Waals surface area contributed by atoms with Gasteiger partial charge < -0.3 is 10.1 Å². The largest absolute Gasteiger partial charge is 0.490 e. The van der Waals surface area contributed by atoms with Crippen molar-refractivity contribution in [1.82, 2.24) is 15.3 Å². The lowest BCUT2D eigenvalue weighted by Gasteiger charge is -2.27. The van der Waals surface area contributed by atoms with Crippen LogP contribution in [0, 0.1) is 5.95 Å². The van der Waals surface area contributed by atoms with Gasteiger partial charge in [0.2, 0.25) is 5.95 Å². The van der Waals surface area contributed by atoms with E-state index in [2.05, 4.69) is 31.2 Å². The van der Waals surface area contributed by atoms with E-state index in [-0.39, 0.29) is 0 Å². The molecule has 23 heavy (non-hydrogen) atoms. The summed E-state index contributed by atoms with van der Waals surface area (Å²) in [5.74, 6) is 0.128. The summed E-state index contributed by atoms with van der Waals surface area (Å²) in [6.07, 6.45) is 7.76. The number of hydrogen-bond donors (Lipinski definition) is 1. The fourth-order valence-corrected chi connectivity index (χ4v) is 2.57. The fourth-order valence-electron chi connectivity index (χ4n) is 2.04. The van der Waals surface area contributed by atoms with Gasteiger partial charge in [0.1, 0.15) is 17.5 Å². The number of ether oxygens (including phenoxy) is 1. The van der Waals surface area contributed by atoms with Gasteiger partial charge in [-0.15, -0.1) is 0 Å². The zero-order chi connectivity index (χ0) is 16.2. The van der Waals surface area contributed by atoms with E-state index in [1.807, 2.05) is 6.07 Å². The molecule has 4 nitrogen and oxygen atoms in total. The van der Waals surface area contributed by atoms with Crippen LogP contribution in [-0.4, -0.2) is 29.2 Å². The number of halogens is 3. The van der Waals surface area contributed by atoms with Crippen molar-refractivity contribution in [1.29, 1.82) is 0 Å². The molecule has 1 N–H and O–H groups in total. The number of hydrogen-bond acceptors (Lipinski definition) is 4. The van der Waals surface area contributed by atoms with Crippen molar-refractivity contribution in [2.45, 2.75) is 12.5 Å². The van der Waals surface area contributed by atoms with Crippen LogP contribution in [0.2, 0.25) is 5.15 Å². The van der Waals surface area contributed by atoms with Gasteiger partial charge in [-0.2, -0.15) is 4.39 Å². The predicted molar refractivity (Wildman–Crippen MR) is 92.0 cm³/mol. The molecule has 0 spiro atoms. The molecule has 2 aromatic heterocycles. The second kappa shape index (κ2) is 7.38. The van der Waals surface area contributed by atoms with E-state index in [0.29, 0.717) is 28.0 Å². The van der Waals surface area contributed by atoms with Gasteiger partial charge in [-0.05, 0) is 46.6 Å². The lowest BCUT2D eigenvalue weighted by Crippen LogP contribution is -2.46. The molecule has 3 heterocycles. The van der Waals surface area contributed by atoms with Gasteiger partial charge in [0.15, 0.2) is 0 Å². The van der Waals surface area contributed by atoms with Crippen LogP contribution >= 0.6 is 27.5 Å². The van der Waals surface area contributed by atoms with Crippen LogP contribution in [-0.2, 0) is 0 Å². The van der Waals surface area contributed by atoms with Crippen molar-refractivity contribution in [2.75, 3.05) is 13.2 Å². The smallest absolute Gasteiger partial charge is 0.227 e. The van der Waals surface area contributed by atoms with Crippen molar-refractivity contribution in [2.24, 2.45) is 0 Å². The Morgan fingerprint density at radius 2 is 2.17 bits per heavy atom. The Hall–Kier alpha value is -1.50. The minimum Gasteiger partial charge on any atom is -0.490 e. The Morgan fingerprint density at radius 1 is 1.35 bits per heavy atom. The van der Waals surface area contributed by atoms with E-state index >= 15 is 0 Å². The molecule has 1 fully saturated rings. The highest BCUT2D eigenvalue weighted by molar-refractivity contribution is 9.10. The summed E-state index contributed by atoms with van der Waals surface area (Å²) in [5.41, 5.74) is 1.48. The standard InChI is InChI=1S/C16H14BrClFN3O/c17-14-5-10(7-22-16(14)19)1-2-11-6-13(8-21-15(11)18)23-9-12-3-4-20-12/h1-2,5-8,12,20H,3-4,9H2/b2-1+/t12-/m0/s1. The van der Waals surface area contributed by atoms with Gasteiger partial charge in [-0.1, -0.05) is 23.8 Å². The molecule has 0 saturated carbocycles. The molecule has 7 heteroatoms. The topological polar surface area (TPSA) is 47.0 Å². The van der Waals surface area contributed by atoms with Crippen LogP contribution in [0.25, 0.3) is 12.2 Å². The predicted octanol–water partition coefficient (Wildman–Crippen LogP) is 3.94. The van der Waals surface area contributed by atoms with Crippen molar-refractivity contribution in [3.8, 4) is 5.75 Å². The minimum atomic E-state index is -0.540. The van der Waals surface area contributed by atoms with Gasteiger partial charge in [-0.25, -0.2) is 9.97 Å². The van der Waals surface area contributed by atoms with Crippen LogP contribution in [0.4, 0.5) is 4.39 Å². The first kappa shape index (κ1) is 16.4. The summed E-state index contributed by atoms with van der Waals surface area (Å²) in [4.78, 5) is 7.78. The first-order chi connectivity index (χ1) is 11.1. The number of nitrogens with one attached hydrogen (secondary N) is 1. The minimum absolute atomic E-state index is 0.314. The molecule has 1 atom stereocenters. The Labute approximate surface area is 146 Å². The second-order valence-electron chi connectivity index (χ2n) is 5.18. The molecule has 0 aromatic carbocycles. The third-order valence-electron chi connectivity index (χ3n) is 3.49. The van der Waals surface area contributed by atoms with Gasteiger partial charge in [0, 0.05) is 17.8 Å². The summed E-state index contributed by atoms with van der Waals surface area (Å²) in [6.45, 7) is 1.66.